The lowest BCUT2D eigenvalue weighted by Crippen LogP contribution is -2.46. The van der Waals surface area contributed by atoms with Gasteiger partial charge in [0, 0.05) is 57.5 Å². The Morgan fingerprint density at radius 1 is 1.13 bits per heavy atom. The number of carbonyl (C=O) groups is 1. The first-order valence-corrected chi connectivity index (χ1v) is 12.2. The zero-order chi connectivity index (χ0) is 21.6. The van der Waals surface area contributed by atoms with Gasteiger partial charge in [0.1, 0.15) is 0 Å². The summed E-state index contributed by atoms with van der Waals surface area (Å²) >= 11 is 0. The van der Waals surface area contributed by atoms with E-state index in [1.165, 1.54) is 0 Å². The SMILES string of the molecule is Cc1ccc(S(=O)(=O)CCC(=O)N(C)C2CCN(CCc3ccccn3)CC2)cc1. The van der Waals surface area contributed by atoms with Crippen LogP contribution in [0.1, 0.15) is 30.5 Å². The Labute approximate surface area is 179 Å². The number of hydrogen-bond donors (Lipinski definition) is 0. The Hall–Kier alpha value is -2.25. The second-order valence-corrected chi connectivity index (χ2v) is 10.1. The van der Waals surface area contributed by atoms with Gasteiger partial charge in [-0.25, -0.2) is 8.42 Å². The molecule has 162 valence electrons. The molecule has 6 nitrogen and oxygen atoms in total. The number of nitrogens with zero attached hydrogens (tertiary/aromatic N) is 3. The van der Waals surface area contributed by atoms with E-state index in [1.807, 2.05) is 31.3 Å². The smallest absolute Gasteiger partial charge is 0.223 e. The summed E-state index contributed by atoms with van der Waals surface area (Å²) in [6.07, 6.45) is 4.59. The van der Waals surface area contributed by atoms with Crippen LogP contribution < -0.4 is 0 Å². The summed E-state index contributed by atoms with van der Waals surface area (Å²) in [6.45, 7) is 4.77. The molecule has 0 spiro atoms. The molecule has 0 unspecified atom stereocenters. The van der Waals surface area contributed by atoms with Crippen molar-refractivity contribution in [1.82, 2.24) is 14.8 Å². The molecular weight excluding hydrogens is 398 g/mol. The Morgan fingerprint density at radius 2 is 1.83 bits per heavy atom. The number of likely N-dealkylation sites (tertiary alicyclic amines) is 1. The Kier molecular flexibility index (Phi) is 7.61. The van der Waals surface area contributed by atoms with Crippen molar-refractivity contribution in [2.45, 2.75) is 43.5 Å². The standard InChI is InChI=1S/C23H31N3O3S/c1-19-6-8-22(9-7-19)30(28,29)18-13-23(27)25(2)21-11-16-26(17-12-21)15-10-20-5-3-4-14-24-20/h3-9,14,21H,10-13,15-18H2,1-2H3. The third-order valence-electron chi connectivity index (χ3n) is 5.87. The summed E-state index contributed by atoms with van der Waals surface area (Å²) < 4.78 is 25.0. The number of piperidine rings is 1. The number of rotatable bonds is 8. The van der Waals surface area contributed by atoms with Crippen molar-refractivity contribution in [3.63, 3.8) is 0 Å². The van der Waals surface area contributed by atoms with E-state index in [2.05, 4.69) is 9.88 Å². The molecule has 1 aliphatic rings. The van der Waals surface area contributed by atoms with Gasteiger partial charge in [-0.1, -0.05) is 23.8 Å². The number of pyridine rings is 1. The van der Waals surface area contributed by atoms with E-state index in [9.17, 15) is 13.2 Å². The van der Waals surface area contributed by atoms with Crippen molar-refractivity contribution in [3.8, 4) is 0 Å². The van der Waals surface area contributed by atoms with Gasteiger partial charge in [-0.15, -0.1) is 0 Å². The van der Waals surface area contributed by atoms with Gasteiger partial charge in [0.2, 0.25) is 5.91 Å². The molecule has 0 bridgehead atoms. The van der Waals surface area contributed by atoms with E-state index >= 15 is 0 Å². The van der Waals surface area contributed by atoms with Crippen LogP contribution in [0.2, 0.25) is 0 Å². The van der Waals surface area contributed by atoms with E-state index in [0.717, 1.165) is 50.2 Å². The minimum atomic E-state index is -3.44. The molecule has 1 saturated heterocycles. The van der Waals surface area contributed by atoms with E-state index in [-0.39, 0.29) is 29.0 Å². The molecule has 1 aromatic carbocycles. The fraction of sp³-hybridized carbons (Fsp3) is 0.478. The number of amides is 1. The second kappa shape index (κ2) is 10.2. The quantitative estimate of drug-likeness (QED) is 0.645. The topological polar surface area (TPSA) is 70.6 Å². The lowest BCUT2D eigenvalue weighted by Gasteiger charge is -2.36. The van der Waals surface area contributed by atoms with E-state index in [0.29, 0.717) is 0 Å². The lowest BCUT2D eigenvalue weighted by atomic mass is 10.0. The molecule has 1 aliphatic heterocycles. The van der Waals surface area contributed by atoms with E-state index in [1.54, 1.807) is 36.2 Å². The molecule has 1 aromatic heterocycles. The van der Waals surface area contributed by atoms with Crippen LogP contribution in [0, 0.1) is 6.92 Å². The second-order valence-electron chi connectivity index (χ2n) is 8.03. The first-order chi connectivity index (χ1) is 14.3. The highest BCUT2D eigenvalue weighted by molar-refractivity contribution is 7.91. The minimum absolute atomic E-state index is 0.0204. The van der Waals surface area contributed by atoms with Crippen LogP contribution in [0.15, 0.2) is 53.6 Å². The average Bonchev–Trinajstić information content (AvgIpc) is 2.77. The maximum atomic E-state index is 12.6. The Bertz CT molecular complexity index is 922. The molecule has 2 heterocycles. The van der Waals surface area contributed by atoms with Crippen LogP contribution in [0.3, 0.4) is 0 Å². The minimum Gasteiger partial charge on any atom is -0.343 e. The summed E-state index contributed by atoms with van der Waals surface area (Å²) in [5, 5.41) is 0. The highest BCUT2D eigenvalue weighted by atomic mass is 32.2. The van der Waals surface area contributed by atoms with Gasteiger partial charge in [-0.05, 0) is 44.0 Å². The maximum absolute atomic E-state index is 12.6. The van der Waals surface area contributed by atoms with E-state index < -0.39 is 9.84 Å². The molecule has 3 rings (SSSR count). The van der Waals surface area contributed by atoms with Gasteiger partial charge in [-0.2, -0.15) is 0 Å². The highest BCUT2D eigenvalue weighted by Crippen LogP contribution is 2.18. The van der Waals surface area contributed by atoms with Gasteiger partial charge in [-0.3, -0.25) is 9.78 Å². The molecule has 2 aromatic rings. The molecule has 30 heavy (non-hydrogen) atoms. The first kappa shape index (κ1) is 22.4. The molecule has 7 heteroatoms. The Morgan fingerprint density at radius 3 is 2.47 bits per heavy atom. The van der Waals surface area contributed by atoms with Crippen molar-refractivity contribution in [1.29, 1.82) is 0 Å². The molecule has 0 atom stereocenters. The molecule has 0 aliphatic carbocycles. The summed E-state index contributed by atoms with van der Waals surface area (Å²) in [5.41, 5.74) is 2.11. The third kappa shape index (κ3) is 6.12. The zero-order valence-corrected chi connectivity index (χ0v) is 18.6. The van der Waals surface area contributed by atoms with Crippen LogP contribution in [0.4, 0.5) is 0 Å². The van der Waals surface area contributed by atoms with Gasteiger partial charge >= 0.3 is 0 Å². The van der Waals surface area contributed by atoms with Crippen LogP contribution in [0.25, 0.3) is 0 Å². The lowest BCUT2D eigenvalue weighted by molar-refractivity contribution is -0.132. The summed E-state index contributed by atoms with van der Waals surface area (Å²) in [4.78, 5) is 21.4. The monoisotopic (exact) mass is 429 g/mol. The van der Waals surface area contributed by atoms with Crippen molar-refractivity contribution >= 4 is 15.7 Å². The number of hydrogen-bond acceptors (Lipinski definition) is 5. The maximum Gasteiger partial charge on any atom is 0.223 e. The molecule has 0 saturated carbocycles. The van der Waals surface area contributed by atoms with Gasteiger partial charge < -0.3 is 9.80 Å². The van der Waals surface area contributed by atoms with Crippen molar-refractivity contribution < 1.29 is 13.2 Å². The van der Waals surface area contributed by atoms with Crippen LogP contribution in [-0.2, 0) is 21.1 Å². The Balaban J connectivity index is 1.43. The number of sulfone groups is 1. The first-order valence-electron chi connectivity index (χ1n) is 10.5. The fourth-order valence-corrected chi connectivity index (χ4v) is 5.04. The highest BCUT2D eigenvalue weighted by Gasteiger charge is 2.26. The van der Waals surface area contributed by atoms with Crippen molar-refractivity contribution in [2.75, 3.05) is 32.4 Å². The number of aromatic nitrogens is 1. The average molecular weight is 430 g/mol. The van der Waals surface area contributed by atoms with Gasteiger partial charge in [0.15, 0.2) is 9.84 Å². The molecular formula is C23H31N3O3S. The third-order valence-corrected chi connectivity index (χ3v) is 7.61. The molecule has 1 amide bonds. The van der Waals surface area contributed by atoms with Gasteiger partial charge in [0.25, 0.3) is 0 Å². The summed E-state index contributed by atoms with van der Waals surface area (Å²) in [6, 6.07) is 12.9. The van der Waals surface area contributed by atoms with Crippen molar-refractivity contribution in [2.24, 2.45) is 0 Å². The largest absolute Gasteiger partial charge is 0.343 e. The number of benzene rings is 1. The summed E-state index contributed by atoms with van der Waals surface area (Å²) in [5.74, 6) is -0.250. The predicted octanol–water partition coefficient (Wildman–Crippen LogP) is 2.72. The predicted molar refractivity (Wildman–Crippen MR) is 118 cm³/mol. The summed E-state index contributed by atoms with van der Waals surface area (Å²) in [7, 11) is -1.64. The zero-order valence-electron chi connectivity index (χ0n) is 17.8. The molecule has 1 fully saturated rings. The molecule has 0 radical (unpaired) electrons. The van der Waals surface area contributed by atoms with Crippen molar-refractivity contribution in [3.05, 3.63) is 59.9 Å². The normalized spacial score (nSPS) is 15.8. The van der Waals surface area contributed by atoms with Crippen LogP contribution >= 0.6 is 0 Å². The molecule has 0 N–H and O–H groups in total. The van der Waals surface area contributed by atoms with Crippen LogP contribution in [-0.4, -0.2) is 67.6 Å². The number of carbonyl (C=O) groups excluding carboxylic acids is 1. The van der Waals surface area contributed by atoms with E-state index in [4.69, 9.17) is 0 Å². The van der Waals surface area contributed by atoms with Gasteiger partial charge in [0.05, 0.1) is 10.6 Å². The van der Waals surface area contributed by atoms with Crippen LogP contribution in [0.5, 0.6) is 0 Å². The number of aryl methyl sites for hydroxylation is 1. The fourth-order valence-electron chi connectivity index (χ4n) is 3.81.